The lowest BCUT2D eigenvalue weighted by Crippen LogP contribution is -2.05. The Bertz CT molecular complexity index is 385. The number of nitrogens with zero attached hydrogens (tertiary/aromatic N) is 1. The van der Waals surface area contributed by atoms with Crippen molar-refractivity contribution >= 4 is 0 Å². The van der Waals surface area contributed by atoms with Crippen molar-refractivity contribution in [3.05, 3.63) is 29.6 Å². The van der Waals surface area contributed by atoms with E-state index in [2.05, 4.69) is 16.8 Å². The second-order valence-corrected chi connectivity index (χ2v) is 3.01. The average molecular weight is 213 g/mol. The third-order valence-electron chi connectivity index (χ3n) is 1.67. The highest BCUT2D eigenvalue weighted by Crippen LogP contribution is 2.28. The molecule has 0 aliphatic heterocycles. The monoisotopic (exact) mass is 213 g/mol. The van der Waals surface area contributed by atoms with E-state index in [1.165, 1.54) is 6.20 Å². The van der Waals surface area contributed by atoms with Crippen molar-refractivity contribution < 1.29 is 13.2 Å². The highest BCUT2D eigenvalue weighted by atomic mass is 19.4. The highest BCUT2D eigenvalue weighted by molar-refractivity contribution is 5.35. The summed E-state index contributed by atoms with van der Waals surface area (Å²) in [5.41, 5.74) is -0.455. The smallest absolute Gasteiger partial charge is 0.263 e. The molecule has 0 unspecified atom stereocenters. The molecule has 1 aromatic rings. The lowest BCUT2D eigenvalue weighted by atomic mass is 10.2. The Balaban J connectivity index is 2.90. The van der Waals surface area contributed by atoms with Gasteiger partial charge in [0.1, 0.15) is 0 Å². The van der Waals surface area contributed by atoms with Gasteiger partial charge in [-0.1, -0.05) is 18.8 Å². The molecular formula is C11H10F3N. The number of pyridine rings is 1. The first-order valence-electron chi connectivity index (χ1n) is 4.55. The molecule has 0 amide bonds. The van der Waals surface area contributed by atoms with E-state index >= 15 is 0 Å². The Kier molecular flexibility index (Phi) is 3.73. The van der Waals surface area contributed by atoms with Crippen molar-refractivity contribution in [3.63, 3.8) is 0 Å². The summed E-state index contributed by atoms with van der Waals surface area (Å²) in [6.45, 7) is 1.96. The lowest BCUT2D eigenvalue weighted by molar-refractivity contribution is -0.137. The van der Waals surface area contributed by atoms with Gasteiger partial charge in [-0.15, -0.1) is 0 Å². The van der Waals surface area contributed by atoms with E-state index in [-0.39, 0.29) is 0 Å². The molecule has 1 heterocycles. The van der Waals surface area contributed by atoms with Gasteiger partial charge in [-0.25, -0.2) is 0 Å². The number of unbranched alkanes of at least 4 members (excludes halogenated alkanes) is 1. The Morgan fingerprint density at radius 2 is 2.07 bits per heavy atom. The van der Waals surface area contributed by atoms with E-state index in [1.807, 2.05) is 6.92 Å². The summed E-state index contributed by atoms with van der Waals surface area (Å²) in [5.74, 6) is 5.42. The summed E-state index contributed by atoms with van der Waals surface area (Å²) in [4.78, 5) is 3.51. The normalized spacial score (nSPS) is 10.7. The molecule has 80 valence electrons. The first-order valence-corrected chi connectivity index (χ1v) is 4.55. The van der Waals surface area contributed by atoms with Gasteiger partial charge in [0.2, 0.25) is 0 Å². The quantitative estimate of drug-likeness (QED) is 0.652. The third-order valence-corrected chi connectivity index (χ3v) is 1.67. The molecule has 0 bridgehead atoms. The zero-order chi connectivity index (χ0) is 11.3. The fourth-order valence-electron chi connectivity index (χ4n) is 0.953. The predicted octanol–water partition coefficient (Wildman–Crippen LogP) is 3.25. The minimum absolute atomic E-state index is 0.304. The van der Waals surface area contributed by atoms with Gasteiger partial charge in [0.25, 0.3) is 0 Å². The van der Waals surface area contributed by atoms with Crippen LogP contribution in [0.5, 0.6) is 0 Å². The number of rotatable bonds is 1. The summed E-state index contributed by atoms with van der Waals surface area (Å²) in [7, 11) is 0. The molecule has 0 aliphatic carbocycles. The minimum atomic E-state index is -4.35. The van der Waals surface area contributed by atoms with Crippen LogP contribution in [0.2, 0.25) is 0 Å². The van der Waals surface area contributed by atoms with Crippen LogP contribution in [-0.2, 0) is 6.18 Å². The molecule has 0 atom stereocenters. The largest absolute Gasteiger partial charge is 0.417 e. The molecule has 4 heteroatoms. The molecule has 0 N–H and O–H groups in total. The van der Waals surface area contributed by atoms with Gasteiger partial charge in [0, 0.05) is 24.4 Å². The number of hydrogen-bond donors (Lipinski definition) is 0. The molecule has 15 heavy (non-hydrogen) atoms. The maximum Gasteiger partial charge on any atom is 0.417 e. The second kappa shape index (κ2) is 4.83. The summed E-state index contributed by atoms with van der Waals surface area (Å²) < 4.78 is 36.8. The van der Waals surface area contributed by atoms with Crippen LogP contribution in [-0.4, -0.2) is 4.98 Å². The van der Waals surface area contributed by atoms with Crippen molar-refractivity contribution in [2.24, 2.45) is 0 Å². The summed E-state index contributed by atoms with van der Waals surface area (Å²) >= 11 is 0. The maximum atomic E-state index is 12.3. The van der Waals surface area contributed by atoms with Crippen molar-refractivity contribution in [3.8, 4) is 11.8 Å². The van der Waals surface area contributed by atoms with Crippen LogP contribution in [0.1, 0.15) is 30.9 Å². The number of hydrogen-bond acceptors (Lipinski definition) is 1. The van der Waals surface area contributed by atoms with Gasteiger partial charge in [-0.2, -0.15) is 13.2 Å². The summed E-state index contributed by atoms with van der Waals surface area (Å²) in [6, 6.07) is 1.01. The third kappa shape index (κ3) is 3.62. The topological polar surface area (TPSA) is 12.9 Å². The Hall–Kier alpha value is -1.50. The van der Waals surface area contributed by atoms with E-state index in [0.717, 1.165) is 18.7 Å². The molecule has 0 radical (unpaired) electrons. The van der Waals surface area contributed by atoms with Crippen molar-refractivity contribution in [1.82, 2.24) is 4.98 Å². The fraction of sp³-hybridized carbons (Fsp3) is 0.364. The van der Waals surface area contributed by atoms with Crippen LogP contribution in [0.4, 0.5) is 13.2 Å². The van der Waals surface area contributed by atoms with Gasteiger partial charge >= 0.3 is 6.18 Å². The second-order valence-electron chi connectivity index (χ2n) is 3.01. The van der Waals surface area contributed by atoms with Crippen molar-refractivity contribution in [2.75, 3.05) is 0 Å². The van der Waals surface area contributed by atoms with Gasteiger partial charge in [-0.3, -0.25) is 4.98 Å². The van der Waals surface area contributed by atoms with E-state index in [9.17, 15) is 13.2 Å². The Morgan fingerprint density at radius 1 is 1.33 bits per heavy atom. The van der Waals surface area contributed by atoms with E-state index in [4.69, 9.17) is 0 Å². The first kappa shape index (κ1) is 11.6. The van der Waals surface area contributed by atoms with Crippen LogP contribution in [0, 0.1) is 11.8 Å². The van der Waals surface area contributed by atoms with Crippen LogP contribution in [0.15, 0.2) is 18.5 Å². The van der Waals surface area contributed by atoms with E-state index in [0.29, 0.717) is 12.0 Å². The number of aromatic nitrogens is 1. The van der Waals surface area contributed by atoms with E-state index in [1.54, 1.807) is 0 Å². The van der Waals surface area contributed by atoms with Crippen LogP contribution < -0.4 is 0 Å². The summed E-state index contributed by atoms with van der Waals surface area (Å²) in [6.07, 6.45) is -0.659. The van der Waals surface area contributed by atoms with Crippen molar-refractivity contribution in [1.29, 1.82) is 0 Å². The predicted molar refractivity (Wildman–Crippen MR) is 51.0 cm³/mol. The standard InChI is InChI=1S/C11H10F3N/c1-2-3-4-5-9-6-10(8-15-7-9)11(12,13)14/h6-8H,2-3H2,1H3. The molecule has 1 rings (SSSR count). The maximum absolute atomic E-state index is 12.3. The van der Waals surface area contributed by atoms with Gasteiger partial charge in [0.05, 0.1) is 5.56 Å². The van der Waals surface area contributed by atoms with Gasteiger partial charge in [-0.05, 0) is 12.5 Å². The Morgan fingerprint density at radius 3 is 2.67 bits per heavy atom. The average Bonchev–Trinajstić information content (AvgIpc) is 2.17. The SMILES string of the molecule is CCCC#Cc1cncc(C(F)(F)F)c1. The Labute approximate surface area is 86.3 Å². The lowest BCUT2D eigenvalue weighted by Gasteiger charge is -2.04. The fourth-order valence-corrected chi connectivity index (χ4v) is 0.953. The molecule has 0 spiro atoms. The molecule has 0 saturated heterocycles. The van der Waals surface area contributed by atoms with E-state index < -0.39 is 11.7 Å². The number of halogens is 3. The molecule has 0 saturated carbocycles. The zero-order valence-corrected chi connectivity index (χ0v) is 8.23. The van der Waals surface area contributed by atoms with Crippen LogP contribution in [0.3, 0.4) is 0 Å². The number of alkyl halides is 3. The minimum Gasteiger partial charge on any atom is -0.263 e. The molecule has 1 nitrogen and oxygen atoms in total. The van der Waals surface area contributed by atoms with Gasteiger partial charge < -0.3 is 0 Å². The van der Waals surface area contributed by atoms with Gasteiger partial charge in [0.15, 0.2) is 0 Å². The zero-order valence-electron chi connectivity index (χ0n) is 8.23. The molecule has 0 fully saturated rings. The molecule has 1 aromatic heterocycles. The molecule has 0 aromatic carbocycles. The van der Waals surface area contributed by atoms with Crippen LogP contribution in [0.25, 0.3) is 0 Å². The molecule has 0 aliphatic rings. The highest BCUT2D eigenvalue weighted by Gasteiger charge is 2.30. The first-order chi connectivity index (χ1) is 7.04. The van der Waals surface area contributed by atoms with Crippen molar-refractivity contribution in [2.45, 2.75) is 25.9 Å². The molecular weight excluding hydrogens is 203 g/mol. The van der Waals surface area contributed by atoms with Crippen LogP contribution >= 0.6 is 0 Å². The summed E-state index contributed by atoms with van der Waals surface area (Å²) in [5, 5.41) is 0.